The van der Waals surface area contributed by atoms with Crippen LogP contribution in [0.5, 0.6) is 5.75 Å². The molecule has 3 aromatic rings. The summed E-state index contributed by atoms with van der Waals surface area (Å²) in [6.07, 6.45) is 2.51. The highest BCUT2D eigenvalue weighted by Crippen LogP contribution is 2.26. The SMILES string of the molecule is NC(=NN=CCC(c1ccccc1)c1ccccc1)c1ccc(O)cc1. The molecule has 0 spiro atoms. The lowest BCUT2D eigenvalue weighted by molar-refractivity contribution is 0.475. The summed E-state index contributed by atoms with van der Waals surface area (Å²) in [4.78, 5) is 0. The van der Waals surface area contributed by atoms with E-state index in [4.69, 9.17) is 5.73 Å². The number of benzene rings is 3. The minimum atomic E-state index is 0.193. The molecule has 26 heavy (non-hydrogen) atoms. The summed E-state index contributed by atoms with van der Waals surface area (Å²) in [5.74, 6) is 0.724. The highest BCUT2D eigenvalue weighted by Gasteiger charge is 2.12. The predicted molar refractivity (Wildman–Crippen MR) is 107 cm³/mol. The van der Waals surface area contributed by atoms with Gasteiger partial charge in [0.25, 0.3) is 0 Å². The molecular formula is C22H21N3O. The summed E-state index contributed by atoms with van der Waals surface area (Å²) in [5, 5.41) is 17.5. The van der Waals surface area contributed by atoms with Crippen LogP contribution in [0.25, 0.3) is 0 Å². The Morgan fingerprint density at radius 1 is 0.846 bits per heavy atom. The van der Waals surface area contributed by atoms with E-state index in [1.165, 1.54) is 11.1 Å². The second kappa shape index (κ2) is 8.62. The lowest BCUT2D eigenvalue weighted by atomic mass is 9.89. The predicted octanol–water partition coefficient (Wildman–Crippen LogP) is 4.31. The van der Waals surface area contributed by atoms with Crippen molar-refractivity contribution in [1.82, 2.24) is 0 Å². The van der Waals surface area contributed by atoms with E-state index in [-0.39, 0.29) is 11.7 Å². The van der Waals surface area contributed by atoms with Gasteiger partial charge in [-0.3, -0.25) is 0 Å². The van der Waals surface area contributed by atoms with E-state index >= 15 is 0 Å². The van der Waals surface area contributed by atoms with E-state index in [1.54, 1.807) is 30.5 Å². The van der Waals surface area contributed by atoms with Crippen LogP contribution in [0.2, 0.25) is 0 Å². The fraction of sp³-hybridized carbons (Fsp3) is 0.0909. The highest BCUT2D eigenvalue weighted by molar-refractivity contribution is 5.97. The lowest BCUT2D eigenvalue weighted by Gasteiger charge is -2.15. The number of hydrogen-bond acceptors (Lipinski definition) is 3. The lowest BCUT2D eigenvalue weighted by Crippen LogP contribution is -2.12. The third-order valence-corrected chi connectivity index (χ3v) is 4.16. The van der Waals surface area contributed by atoms with Crippen molar-refractivity contribution in [3.63, 3.8) is 0 Å². The standard InChI is InChI=1S/C22H21N3O/c23-22(19-11-13-20(26)14-12-19)25-24-16-15-21(17-7-3-1-4-8-17)18-9-5-2-6-10-18/h1-14,16,21,26H,15H2,(H2,23,25). The molecule has 0 radical (unpaired) electrons. The Bertz CT molecular complexity index is 833. The summed E-state index contributed by atoms with van der Waals surface area (Å²) in [6, 6.07) is 27.3. The molecule has 3 N–H and O–H groups in total. The van der Waals surface area contributed by atoms with E-state index < -0.39 is 0 Å². The fourth-order valence-electron chi connectivity index (χ4n) is 2.78. The second-order valence-corrected chi connectivity index (χ2v) is 5.94. The third-order valence-electron chi connectivity index (χ3n) is 4.16. The van der Waals surface area contributed by atoms with Gasteiger partial charge in [0.2, 0.25) is 0 Å². The van der Waals surface area contributed by atoms with Gasteiger partial charge in [0, 0.05) is 17.7 Å². The molecule has 4 nitrogen and oxygen atoms in total. The third kappa shape index (κ3) is 4.57. The smallest absolute Gasteiger partial charge is 0.153 e. The van der Waals surface area contributed by atoms with Crippen LogP contribution in [-0.4, -0.2) is 17.2 Å². The number of phenolic OH excluding ortho intramolecular Hbond substituents is 1. The maximum absolute atomic E-state index is 9.32. The van der Waals surface area contributed by atoms with E-state index in [2.05, 4.69) is 34.5 Å². The van der Waals surface area contributed by atoms with E-state index in [0.29, 0.717) is 5.84 Å². The summed E-state index contributed by atoms with van der Waals surface area (Å²) in [5.41, 5.74) is 9.14. The summed E-state index contributed by atoms with van der Waals surface area (Å²) in [6.45, 7) is 0. The molecule has 0 amide bonds. The van der Waals surface area contributed by atoms with E-state index in [1.807, 2.05) is 36.4 Å². The zero-order valence-corrected chi connectivity index (χ0v) is 14.4. The van der Waals surface area contributed by atoms with E-state index in [9.17, 15) is 5.11 Å². The van der Waals surface area contributed by atoms with Crippen molar-refractivity contribution in [2.45, 2.75) is 12.3 Å². The summed E-state index contributed by atoms with van der Waals surface area (Å²) < 4.78 is 0. The molecule has 0 aliphatic heterocycles. The Labute approximate surface area is 153 Å². The molecule has 0 atom stereocenters. The van der Waals surface area contributed by atoms with Crippen LogP contribution in [0.3, 0.4) is 0 Å². The molecule has 0 bridgehead atoms. The van der Waals surface area contributed by atoms with Crippen LogP contribution in [0, 0.1) is 0 Å². The van der Waals surface area contributed by atoms with Crippen molar-refractivity contribution >= 4 is 12.1 Å². The molecule has 0 unspecified atom stereocenters. The molecular weight excluding hydrogens is 322 g/mol. The van der Waals surface area contributed by atoms with Gasteiger partial charge in [-0.2, -0.15) is 5.10 Å². The van der Waals surface area contributed by atoms with Crippen molar-refractivity contribution in [2.24, 2.45) is 15.9 Å². The zero-order chi connectivity index (χ0) is 18.2. The van der Waals surface area contributed by atoms with Gasteiger partial charge >= 0.3 is 0 Å². The average Bonchev–Trinajstić information content (AvgIpc) is 2.70. The van der Waals surface area contributed by atoms with Gasteiger partial charge in [0.15, 0.2) is 5.84 Å². The first-order valence-corrected chi connectivity index (χ1v) is 8.48. The van der Waals surface area contributed by atoms with Crippen molar-refractivity contribution in [2.75, 3.05) is 0 Å². The first-order valence-electron chi connectivity index (χ1n) is 8.48. The fourth-order valence-corrected chi connectivity index (χ4v) is 2.78. The monoisotopic (exact) mass is 343 g/mol. The minimum Gasteiger partial charge on any atom is -0.508 e. The van der Waals surface area contributed by atoms with Crippen LogP contribution in [0.15, 0.2) is 95.1 Å². The van der Waals surface area contributed by atoms with Crippen molar-refractivity contribution < 1.29 is 5.11 Å². The van der Waals surface area contributed by atoms with Gasteiger partial charge in [-0.05, 0) is 41.8 Å². The number of rotatable bonds is 6. The summed E-state index contributed by atoms with van der Waals surface area (Å²) >= 11 is 0. The second-order valence-electron chi connectivity index (χ2n) is 5.94. The number of aromatic hydroxyl groups is 1. The Balaban J connectivity index is 1.74. The number of nitrogens with two attached hydrogens (primary N) is 1. The molecule has 0 aliphatic rings. The van der Waals surface area contributed by atoms with Gasteiger partial charge in [0.1, 0.15) is 5.75 Å². The van der Waals surface area contributed by atoms with Gasteiger partial charge in [-0.15, -0.1) is 5.10 Å². The van der Waals surface area contributed by atoms with Crippen LogP contribution in [0.4, 0.5) is 0 Å². The molecule has 0 fully saturated rings. The van der Waals surface area contributed by atoms with Crippen LogP contribution >= 0.6 is 0 Å². The molecule has 3 rings (SSSR count). The maximum atomic E-state index is 9.32. The normalized spacial score (nSPS) is 12.0. The van der Waals surface area contributed by atoms with Crippen LogP contribution in [-0.2, 0) is 0 Å². The summed E-state index contributed by atoms with van der Waals surface area (Å²) in [7, 11) is 0. The number of nitrogens with zero attached hydrogens (tertiary/aromatic N) is 2. The van der Waals surface area contributed by atoms with Crippen LogP contribution in [0.1, 0.15) is 29.0 Å². The number of amidine groups is 1. The first kappa shape index (κ1) is 17.4. The average molecular weight is 343 g/mol. The Morgan fingerprint density at radius 2 is 1.38 bits per heavy atom. The number of phenols is 1. The van der Waals surface area contributed by atoms with Gasteiger partial charge in [-0.1, -0.05) is 60.7 Å². The quantitative estimate of drug-likeness (QED) is 0.398. The van der Waals surface area contributed by atoms with Crippen molar-refractivity contribution in [3.8, 4) is 5.75 Å². The molecule has 0 heterocycles. The minimum absolute atomic E-state index is 0.193. The number of hydrogen-bond donors (Lipinski definition) is 2. The van der Waals surface area contributed by atoms with Crippen LogP contribution < -0.4 is 5.73 Å². The van der Waals surface area contributed by atoms with Crippen molar-refractivity contribution in [1.29, 1.82) is 0 Å². The largest absolute Gasteiger partial charge is 0.508 e. The van der Waals surface area contributed by atoms with E-state index in [0.717, 1.165) is 12.0 Å². The molecule has 0 aliphatic carbocycles. The Hall–Kier alpha value is -3.40. The van der Waals surface area contributed by atoms with Gasteiger partial charge < -0.3 is 10.8 Å². The Kier molecular flexibility index (Phi) is 5.78. The van der Waals surface area contributed by atoms with Gasteiger partial charge in [0.05, 0.1) is 0 Å². The van der Waals surface area contributed by atoms with Gasteiger partial charge in [-0.25, -0.2) is 0 Å². The molecule has 0 saturated heterocycles. The maximum Gasteiger partial charge on any atom is 0.153 e. The highest BCUT2D eigenvalue weighted by atomic mass is 16.3. The topological polar surface area (TPSA) is 71.0 Å². The molecule has 4 heteroatoms. The van der Waals surface area contributed by atoms with Crippen molar-refractivity contribution in [3.05, 3.63) is 102 Å². The molecule has 130 valence electrons. The Morgan fingerprint density at radius 3 is 1.92 bits per heavy atom. The first-order chi connectivity index (χ1) is 12.7. The molecule has 0 aromatic heterocycles. The molecule has 0 saturated carbocycles. The zero-order valence-electron chi connectivity index (χ0n) is 14.4. The molecule has 3 aromatic carbocycles.